The van der Waals surface area contributed by atoms with Crippen LogP contribution in [0.25, 0.3) is 0 Å². The molecule has 0 saturated heterocycles. The van der Waals surface area contributed by atoms with Crippen LogP contribution in [-0.4, -0.2) is 61.8 Å². The molecule has 0 amide bonds. The highest BCUT2D eigenvalue weighted by atomic mass is 19.3. The average Bonchev–Trinajstić information content (AvgIpc) is 3.04. The van der Waals surface area contributed by atoms with Crippen molar-refractivity contribution in [2.45, 2.75) is 32.9 Å². The third kappa shape index (κ3) is 6.12. The highest BCUT2D eigenvalue weighted by molar-refractivity contribution is 5.94. The third-order valence-electron chi connectivity index (χ3n) is 4.34. The average molecular weight is 429 g/mol. The van der Waals surface area contributed by atoms with Crippen LogP contribution >= 0.6 is 0 Å². The topological polar surface area (TPSA) is 74.6 Å². The van der Waals surface area contributed by atoms with Crippen molar-refractivity contribution < 1.29 is 32.2 Å². The van der Waals surface area contributed by atoms with E-state index in [1.807, 2.05) is 24.3 Å². The van der Waals surface area contributed by atoms with Crippen LogP contribution in [-0.2, 0) is 16.0 Å². The van der Waals surface area contributed by atoms with E-state index in [9.17, 15) is 18.0 Å². The number of carbonyl (C=O) groups is 1. The van der Waals surface area contributed by atoms with Gasteiger partial charge in [0, 0.05) is 6.54 Å². The normalized spacial score (nSPS) is 12.1. The molecule has 1 atom stereocenters. The summed E-state index contributed by atoms with van der Waals surface area (Å²) in [4.78, 5) is 12.3. The molecule has 0 radical (unpaired) electrons. The Hall–Kier alpha value is -2.75. The molecule has 7 nitrogen and oxygen atoms in total. The largest absolute Gasteiger partial charge is 0.497 e. The number of alkyl halides is 3. The number of esters is 1. The fraction of sp³-hybridized carbons (Fsp3) is 0.500. The number of methoxy groups -OCH3 is 1. The van der Waals surface area contributed by atoms with Crippen LogP contribution < -0.4 is 10.1 Å². The van der Waals surface area contributed by atoms with Gasteiger partial charge in [0.15, 0.2) is 5.69 Å². The van der Waals surface area contributed by atoms with Crippen molar-refractivity contribution >= 4 is 11.7 Å². The number of halogens is 3. The van der Waals surface area contributed by atoms with Crippen molar-refractivity contribution in [3.8, 4) is 5.75 Å². The molecular formula is C20H26F3N3O4. The summed E-state index contributed by atoms with van der Waals surface area (Å²) in [5.74, 6) is 0.118. The summed E-state index contributed by atoms with van der Waals surface area (Å²) in [5.41, 5.74) is 2.09. The van der Waals surface area contributed by atoms with E-state index in [0.29, 0.717) is 17.9 Å². The first kappa shape index (κ1) is 23.5. The monoisotopic (exact) mass is 429 g/mol. The summed E-state index contributed by atoms with van der Waals surface area (Å²) in [5, 5.41) is 7.32. The van der Waals surface area contributed by atoms with Gasteiger partial charge >= 0.3 is 5.97 Å². The SMILES string of the molecule is CCOC(=O)c1nn(Cc2ccc(OC)cc2)c(C)c1NCCOC(CF)C(F)F. The molecule has 166 valence electrons. The van der Waals surface area contributed by atoms with Gasteiger partial charge in [-0.05, 0) is 31.5 Å². The van der Waals surface area contributed by atoms with Gasteiger partial charge in [-0.1, -0.05) is 12.1 Å². The van der Waals surface area contributed by atoms with Gasteiger partial charge in [-0.2, -0.15) is 5.10 Å². The lowest BCUT2D eigenvalue weighted by molar-refractivity contribution is -0.0622. The Labute approximate surface area is 173 Å². The van der Waals surface area contributed by atoms with Crippen LogP contribution in [0.4, 0.5) is 18.9 Å². The zero-order valence-electron chi connectivity index (χ0n) is 17.2. The van der Waals surface area contributed by atoms with Crippen molar-refractivity contribution in [2.24, 2.45) is 0 Å². The lowest BCUT2D eigenvalue weighted by Gasteiger charge is -2.14. The number of nitrogens with zero attached hydrogens (tertiary/aromatic N) is 2. The fourth-order valence-electron chi connectivity index (χ4n) is 2.73. The third-order valence-corrected chi connectivity index (χ3v) is 4.34. The van der Waals surface area contributed by atoms with Gasteiger partial charge in [0.25, 0.3) is 6.43 Å². The predicted octanol–water partition coefficient (Wildman–Crippen LogP) is 3.46. The van der Waals surface area contributed by atoms with Crippen LogP contribution in [0.2, 0.25) is 0 Å². The summed E-state index contributed by atoms with van der Waals surface area (Å²) in [6, 6.07) is 7.40. The highest BCUT2D eigenvalue weighted by Crippen LogP contribution is 2.23. The molecule has 1 aromatic heterocycles. The molecule has 0 spiro atoms. The van der Waals surface area contributed by atoms with Crippen molar-refractivity contribution in [3.05, 3.63) is 41.2 Å². The molecule has 0 aliphatic heterocycles. The number of hydrogen-bond donors (Lipinski definition) is 1. The maximum Gasteiger partial charge on any atom is 0.361 e. The molecule has 1 unspecified atom stereocenters. The highest BCUT2D eigenvalue weighted by Gasteiger charge is 2.23. The molecule has 0 saturated carbocycles. The van der Waals surface area contributed by atoms with Gasteiger partial charge in [-0.3, -0.25) is 4.68 Å². The summed E-state index contributed by atoms with van der Waals surface area (Å²) in [7, 11) is 1.58. The Balaban J connectivity index is 2.14. The smallest absolute Gasteiger partial charge is 0.361 e. The second kappa shape index (κ2) is 11.4. The second-order valence-electron chi connectivity index (χ2n) is 6.36. The lowest BCUT2D eigenvalue weighted by Crippen LogP contribution is -2.27. The van der Waals surface area contributed by atoms with E-state index < -0.39 is 25.2 Å². The molecule has 0 aliphatic rings. The van der Waals surface area contributed by atoms with E-state index in [1.54, 1.807) is 25.6 Å². The molecule has 1 heterocycles. The summed E-state index contributed by atoms with van der Waals surface area (Å²) >= 11 is 0. The molecule has 0 fully saturated rings. The molecular weight excluding hydrogens is 403 g/mol. The van der Waals surface area contributed by atoms with E-state index in [2.05, 4.69) is 10.4 Å². The minimum Gasteiger partial charge on any atom is -0.497 e. The van der Waals surface area contributed by atoms with Crippen LogP contribution in [0.5, 0.6) is 5.75 Å². The first-order valence-electron chi connectivity index (χ1n) is 9.48. The number of rotatable bonds is 12. The zero-order chi connectivity index (χ0) is 22.1. The molecule has 2 rings (SSSR count). The van der Waals surface area contributed by atoms with Gasteiger partial charge in [0.2, 0.25) is 0 Å². The van der Waals surface area contributed by atoms with Crippen LogP contribution in [0.3, 0.4) is 0 Å². The van der Waals surface area contributed by atoms with E-state index in [0.717, 1.165) is 11.3 Å². The number of benzene rings is 1. The zero-order valence-corrected chi connectivity index (χ0v) is 17.2. The number of ether oxygens (including phenoxy) is 3. The predicted molar refractivity (Wildman–Crippen MR) is 105 cm³/mol. The summed E-state index contributed by atoms with van der Waals surface area (Å²) in [6.07, 6.45) is -4.67. The quantitative estimate of drug-likeness (QED) is 0.412. The molecule has 1 N–H and O–H groups in total. The number of anilines is 1. The molecule has 2 aromatic rings. The van der Waals surface area contributed by atoms with Crippen LogP contribution in [0, 0.1) is 6.92 Å². The minimum atomic E-state index is -2.90. The first-order chi connectivity index (χ1) is 14.4. The van der Waals surface area contributed by atoms with E-state index >= 15 is 0 Å². The van der Waals surface area contributed by atoms with E-state index in [4.69, 9.17) is 14.2 Å². The standard InChI is InChI=1S/C20H26F3N3O4/c1-4-29-20(27)18-17(24-9-10-30-16(11-21)19(22)23)13(2)26(25-18)12-14-5-7-15(28-3)8-6-14/h5-8,16,19,24H,4,9-12H2,1-3H3. The number of nitrogens with one attached hydrogen (secondary N) is 1. The molecule has 0 bridgehead atoms. The maximum absolute atomic E-state index is 12.6. The lowest BCUT2D eigenvalue weighted by atomic mass is 10.2. The Kier molecular flexibility index (Phi) is 8.97. The maximum atomic E-state index is 12.6. The summed E-state index contributed by atoms with van der Waals surface area (Å²) in [6.45, 7) is 2.68. The number of hydrogen-bond acceptors (Lipinski definition) is 6. The van der Waals surface area contributed by atoms with E-state index in [-0.39, 0.29) is 25.5 Å². The second-order valence-corrected chi connectivity index (χ2v) is 6.36. The Morgan fingerprint density at radius 3 is 2.53 bits per heavy atom. The van der Waals surface area contributed by atoms with Crippen LogP contribution in [0.15, 0.2) is 24.3 Å². The minimum absolute atomic E-state index is 0.0822. The van der Waals surface area contributed by atoms with Crippen LogP contribution in [0.1, 0.15) is 28.7 Å². The van der Waals surface area contributed by atoms with Gasteiger partial charge in [-0.25, -0.2) is 18.0 Å². The Morgan fingerprint density at radius 1 is 1.27 bits per heavy atom. The van der Waals surface area contributed by atoms with E-state index in [1.165, 1.54) is 0 Å². The van der Waals surface area contributed by atoms with Crippen molar-refractivity contribution in [2.75, 3.05) is 38.9 Å². The Bertz CT molecular complexity index is 812. The molecule has 0 aliphatic carbocycles. The summed E-state index contributed by atoms with van der Waals surface area (Å²) < 4.78 is 54.3. The molecule has 10 heteroatoms. The molecule has 30 heavy (non-hydrogen) atoms. The van der Waals surface area contributed by atoms with Gasteiger partial charge in [-0.15, -0.1) is 0 Å². The molecule has 1 aromatic carbocycles. The van der Waals surface area contributed by atoms with Gasteiger partial charge < -0.3 is 19.5 Å². The van der Waals surface area contributed by atoms with Gasteiger partial charge in [0.05, 0.1) is 38.2 Å². The van der Waals surface area contributed by atoms with Crippen molar-refractivity contribution in [1.82, 2.24) is 9.78 Å². The Morgan fingerprint density at radius 2 is 1.97 bits per heavy atom. The van der Waals surface area contributed by atoms with Crippen molar-refractivity contribution in [3.63, 3.8) is 0 Å². The van der Waals surface area contributed by atoms with Gasteiger partial charge in [0.1, 0.15) is 18.5 Å². The number of aromatic nitrogens is 2. The van der Waals surface area contributed by atoms with Crippen molar-refractivity contribution in [1.29, 1.82) is 0 Å². The number of carbonyl (C=O) groups excluding carboxylic acids is 1. The first-order valence-corrected chi connectivity index (χ1v) is 9.48. The fourth-order valence-corrected chi connectivity index (χ4v) is 2.73.